The summed E-state index contributed by atoms with van der Waals surface area (Å²) in [6, 6.07) is 10.9. The van der Waals surface area contributed by atoms with Crippen molar-refractivity contribution >= 4 is 11.6 Å². The van der Waals surface area contributed by atoms with E-state index in [-0.39, 0.29) is 5.91 Å². The molecule has 0 saturated carbocycles. The topological polar surface area (TPSA) is 56.8 Å². The van der Waals surface area contributed by atoms with Crippen LogP contribution in [0, 0.1) is 6.92 Å². The van der Waals surface area contributed by atoms with Crippen molar-refractivity contribution in [2.24, 2.45) is 0 Å². The molecule has 1 N–H and O–H groups in total. The molecule has 2 aromatic rings. The van der Waals surface area contributed by atoms with E-state index in [1.165, 1.54) is 7.11 Å². The van der Waals surface area contributed by atoms with Gasteiger partial charge in [0.1, 0.15) is 13.2 Å². The van der Waals surface area contributed by atoms with Crippen LogP contribution >= 0.6 is 0 Å². The third-order valence-electron chi connectivity index (χ3n) is 3.48. The highest BCUT2D eigenvalue weighted by atomic mass is 16.6. The molecule has 1 aliphatic heterocycles. The van der Waals surface area contributed by atoms with E-state index in [2.05, 4.69) is 5.32 Å². The third-order valence-corrected chi connectivity index (χ3v) is 3.48. The molecular formula is C17H17NO4. The standard InChI is InChI=1S/C17H17NO4/c1-11-5-3-4-6-13(11)18-17(19)12-9-14(20-2)16-15(10-12)21-7-8-22-16/h3-6,9-10H,7-8H2,1-2H3,(H,18,19). The summed E-state index contributed by atoms with van der Waals surface area (Å²) in [6.07, 6.45) is 0. The molecule has 22 heavy (non-hydrogen) atoms. The molecule has 2 aromatic carbocycles. The van der Waals surface area contributed by atoms with Crippen molar-refractivity contribution in [2.45, 2.75) is 6.92 Å². The fourth-order valence-electron chi connectivity index (χ4n) is 2.31. The number of benzene rings is 2. The van der Waals surface area contributed by atoms with Crippen LogP contribution in [0.3, 0.4) is 0 Å². The first-order valence-corrected chi connectivity index (χ1v) is 7.03. The Morgan fingerprint density at radius 3 is 2.73 bits per heavy atom. The monoisotopic (exact) mass is 299 g/mol. The van der Waals surface area contributed by atoms with Crippen LogP contribution in [0.15, 0.2) is 36.4 Å². The van der Waals surface area contributed by atoms with Gasteiger partial charge in [0.15, 0.2) is 11.5 Å². The van der Waals surface area contributed by atoms with Gasteiger partial charge in [0.05, 0.1) is 7.11 Å². The molecule has 0 bridgehead atoms. The zero-order valence-electron chi connectivity index (χ0n) is 12.5. The average Bonchev–Trinajstić information content (AvgIpc) is 2.55. The zero-order valence-corrected chi connectivity index (χ0v) is 12.5. The molecule has 3 rings (SSSR count). The lowest BCUT2D eigenvalue weighted by Gasteiger charge is -2.21. The second kappa shape index (κ2) is 5.97. The largest absolute Gasteiger partial charge is 0.493 e. The van der Waals surface area contributed by atoms with Crippen molar-refractivity contribution in [2.75, 3.05) is 25.6 Å². The smallest absolute Gasteiger partial charge is 0.255 e. The van der Waals surface area contributed by atoms with Crippen LogP contribution < -0.4 is 19.5 Å². The van der Waals surface area contributed by atoms with E-state index < -0.39 is 0 Å². The maximum atomic E-state index is 12.5. The van der Waals surface area contributed by atoms with Crippen LogP contribution in [0.4, 0.5) is 5.69 Å². The van der Waals surface area contributed by atoms with Gasteiger partial charge in [-0.3, -0.25) is 4.79 Å². The van der Waals surface area contributed by atoms with Crippen molar-refractivity contribution in [3.05, 3.63) is 47.5 Å². The Kier molecular flexibility index (Phi) is 3.87. The van der Waals surface area contributed by atoms with Crippen LogP contribution in [0.25, 0.3) is 0 Å². The number of carbonyl (C=O) groups is 1. The molecule has 5 heteroatoms. The Balaban J connectivity index is 1.91. The van der Waals surface area contributed by atoms with Crippen molar-refractivity contribution in [1.29, 1.82) is 0 Å². The number of amides is 1. The number of ether oxygens (including phenoxy) is 3. The molecule has 0 atom stereocenters. The molecule has 1 heterocycles. The van der Waals surface area contributed by atoms with E-state index in [1.54, 1.807) is 12.1 Å². The number of carbonyl (C=O) groups excluding carboxylic acids is 1. The van der Waals surface area contributed by atoms with Gasteiger partial charge in [-0.1, -0.05) is 18.2 Å². The molecule has 0 aromatic heterocycles. The maximum Gasteiger partial charge on any atom is 0.255 e. The van der Waals surface area contributed by atoms with Gasteiger partial charge in [-0.2, -0.15) is 0 Å². The Bertz CT molecular complexity index is 695. The molecule has 0 saturated heterocycles. The fourth-order valence-corrected chi connectivity index (χ4v) is 2.31. The molecule has 0 spiro atoms. The summed E-state index contributed by atoms with van der Waals surface area (Å²) in [4.78, 5) is 12.5. The first-order chi connectivity index (χ1) is 10.7. The summed E-state index contributed by atoms with van der Waals surface area (Å²) in [5.74, 6) is 1.35. The van der Waals surface area contributed by atoms with Gasteiger partial charge in [-0.05, 0) is 30.7 Å². The summed E-state index contributed by atoms with van der Waals surface area (Å²) < 4.78 is 16.4. The van der Waals surface area contributed by atoms with E-state index in [0.717, 1.165) is 11.3 Å². The van der Waals surface area contributed by atoms with Gasteiger partial charge in [-0.15, -0.1) is 0 Å². The second-order valence-electron chi connectivity index (χ2n) is 4.97. The Morgan fingerprint density at radius 2 is 1.95 bits per heavy atom. The van der Waals surface area contributed by atoms with Crippen LogP contribution in [-0.2, 0) is 0 Å². The highest BCUT2D eigenvalue weighted by Gasteiger charge is 2.21. The number of hydrogen-bond donors (Lipinski definition) is 1. The van der Waals surface area contributed by atoms with Crippen LogP contribution in [0.1, 0.15) is 15.9 Å². The SMILES string of the molecule is COc1cc(C(=O)Nc2ccccc2C)cc2c1OCCO2. The van der Waals surface area contributed by atoms with Crippen molar-refractivity contribution in [1.82, 2.24) is 0 Å². The lowest BCUT2D eigenvalue weighted by atomic mass is 10.1. The van der Waals surface area contributed by atoms with E-state index in [4.69, 9.17) is 14.2 Å². The number of aryl methyl sites for hydroxylation is 1. The number of nitrogens with one attached hydrogen (secondary N) is 1. The van der Waals surface area contributed by atoms with Crippen molar-refractivity contribution in [3.63, 3.8) is 0 Å². The minimum atomic E-state index is -0.218. The van der Waals surface area contributed by atoms with Gasteiger partial charge >= 0.3 is 0 Å². The molecule has 0 radical (unpaired) electrons. The minimum absolute atomic E-state index is 0.218. The first-order valence-electron chi connectivity index (χ1n) is 7.03. The molecule has 0 aliphatic carbocycles. The number of fused-ring (bicyclic) bond motifs is 1. The zero-order chi connectivity index (χ0) is 15.5. The first kappa shape index (κ1) is 14.3. The van der Waals surface area contributed by atoms with E-state index >= 15 is 0 Å². The molecular weight excluding hydrogens is 282 g/mol. The molecule has 114 valence electrons. The Hall–Kier alpha value is -2.69. The summed E-state index contributed by atoms with van der Waals surface area (Å²) >= 11 is 0. The number of methoxy groups -OCH3 is 1. The average molecular weight is 299 g/mol. The van der Waals surface area contributed by atoms with Gasteiger partial charge in [0, 0.05) is 11.3 Å². The maximum absolute atomic E-state index is 12.5. The third kappa shape index (κ3) is 2.70. The predicted molar refractivity (Wildman–Crippen MR) is 83.1 cm³/mol. The van der Waals surface area contributed by atoms with Crippen molar-refractivity contribution < 1.29 is 19.0 Å². The van der Waals surface area contributed by atoms with Gasteiger partial charge in [0.25, 0.3) is 5.91 Å². The van der Waals surface area contributed by atoms with Crippen LogP contribution in [-0.4, -0.2) is 26.2 Å². The number of anilines is 1. The summed E-state index contributed by atoms with van der Waals surface area (Å²) in [5, 5.41) is 2.89. The van der Waals surface area contributed by atoms with E-state index in [0.29, 0.717) is 36.0 Å². The quantitative estimate of drug-likeness (QED) is 0.946. The highest BCUT2D eigenvalue weighted by molar-refractivity contribution is 6.05. The molecule has 1 amide bonds. The molecule has 0 fully saturated rings. The van der Waals surface area contributed by atoms with Gasteiger partial charge < -0.3 is 19.5 Å². The molecule has 5 nitrogen and oxygen atoms in total. The number of para-hydroxylation sites is 1. The lowest BCUT2D eigenvalue weighted by molar-refractivity contribution is 0.102. The number of hydrogen-bond acceptors (Lipinski definition) is 4. The Morgan fingerprint density at radius 1 is 1.18 bits per heavy atom. The minimum Gasteiger partial charge on any atom is -0.493 e. The van der Waals surface area contributed by atoms with Gasteiger partial charge in [-0.25, -0.2) is 0 Å². The lowest BCUT2D eigenvalue weighted by Crippen LogP contribution is -2.18. The number of rotatable bonds is 3. The summed E-state index contributed by atoms with van der Waals surface area (Å²) in [6.45, 7) is 2.87. The van der Waals surface area contributed by atoms with E-state index in [9.17, 15) is 4.79 Å². The molecule has 1 aliphatic rings. The molecule has 0 unspecified atom stereocenters. The van der Waals surface area contributed by atoms with Crippen molar-refractivity contribution in [3.8, 4) is 17.2 Å². The highest BCUT2D eigenvalue weighted by Crippen LogP contribution is 2.40. The second-order valence-corrected chi connectivity index (χ2v) is 4.97. The van der Waals surface area contributed by atoms with E-state index in [1.807, 2.05) is 31.2 Å². The Labute approximate surface area is 128 Å². The predicted octanol–water partition coefficient (Wildman–Crippen LogP) is 3.03. The summed E-state index contributed by atoms with van der Waals surface area (Å²) in [5.41, 5.74) is 2.24. The van der Waals surface area contributed by atoms with Gasteiger partial charge in [0.2, 0.25) is 5.75 Å². The summed E-state index contributed by atoms with van der Waals surface area (Å²) in [7, 11) is 1.54. The van der Waals surface area contributed by atoms with Crippen LogP contribution in [0.2, 0.25) is 0 Å². The normalized spacial score (nSPS) is 12.6. The van der Waals surface area contributed by atoms with Crippen LogP contribution in [0.5, 0.6) is 17.2 Å². The fraction of sp³-hybridized carbons (Fsp3) is 0.235.